The van der Waals surface area contributed by atoms with Gasteiger partial charge in [-0.2, -0.15) is 0 Å². The fraction of sp³-hybridized carbons (Fsp3) is 0.500. The van der Waals surface area contributed by atoms with Crippen molar-refractivity contribution in [3.63, 3.8) is 0 Å². The minimum absolute atomic E-state index is 0.0488. The normalized spacial score (nSPS) is 30.3. The molecule has 0 spiro atoms. The Hall–Kier alpha value is -1.38. The molecule has 1 aromatic carbocycles. The van der Waals surface area contributed by atoms with E-state index >= 15 is 0 Å². The van der Waals surface area contributed by atoms with E-state index in [0.29, 0.717) is 5.92 Å². The summed E-state index contributed by atoms with van der Waals surface area (Å²) in [7, 11) is 0. The zero-order valence-corrected chi connectivity index (χ0v) is 13.3. The number of non-ortho nitro benzene ring substituents is 1. The zero-order chi connectivity index (χ0) is 15.1. The molecule has 2 saturated carbocycles. The molecule has 3 rings (SSSR count). The third-order valence-corrected chi connectivity index (χ3v) is 5.58. The molecule has 4 unspecified atom stereocenters. The van der Waals surface area contributed by atoms with E-state index < -0.39 is 10.9 Å². The standard InChI is InChI=1S/C14H15IN2O4/c15-10-6-9(17(20)21)3-4-11(10)16-13-8-2-1-7(5-8)12(13)14(18)19/h3-4,6-8,12-13,16H,1-2,5H2,(H,18,19). The van der Waals surface area contributed by atoms with Crippen LogP contribution in [0, 0.1) is 31.4 Å². The van der Waals surface area contributed by atoms with Crippen LogP contribution in [-0.2, 0) is 4.79 Å². The maximum atomic E-state index is 11.5. The second-order valence-electron chi connectivity index (χ2n) is 5.79. The molecule has 2 aliphatic rings. The molecule has 2 N–H and O–H groups in total. The Labute approximate surface area is 135 Å². The molecule has 21 heavy (non-hydrogen) atoms. The Morgan fingerprint density at radius 3 is 2.71 bits per heavy atom. The van der Waals surface area contributed by atoms with Gasteiger partial charge in [-0.15, -0.1) is 0 Å². The molecule has 7 heteroatoms. The van der Waals surface area contributed by atoms with Gasteiger partial charge >= 0.3 is 5.97 Å². The number of benzene rings is 1. The summed E-state index contributed by atoms with van der Waals surface area (Å²) in [6, 6.07) is 4.56. The number of anilines is 1. The molecule has 6 nitrogen and oxygen atoms in total. The number of nitro benzene ring substituents is 1. The maximum Gasteiger partial charge on any atom is 0.308 e. The second-order valence-corrected chi connectivity index (χ2v) is 6.95. The van der Waals surface area contributed by atoms with Gasteiger partial charge in [0.25, 0.3) is 5.69 Å². The van der Waals surface area contributed by atoms with Crippen molar-refractivity contribution in [2.75, 3.05) is 5.32 Å². The topological polar surface area (TPSA) is 92.5 Å². The molecule has 2 bridgehead atoms. The number of carboxylic acid groups (broad SMARTS) is 1. The molecule has 2 fully saturated rings. The molecule has 0 saturated heterocycles. The number of nitro groups is 1. The van der Waals surface area contributed by atoms with Gasteiger partial charge < -0.3 is 10.4 Å². The molecule has 0 amide bonds. The Bertz CT molecular complexity index is 607. The minimum atomic E-state index is -0.739. The largest absolute Gasteiger partial charge is 0.481 e. The van der Waals surface area contributed by atoms with Crippen LogP contribution in [0.2, 0.25) is 0 Å². The summed E-state index contributed by atoms with van der Waals surface area (Å²) in [5.74, 6) is -0.436. The van der Waals surface area contributed by atoms with Crippen LogP contribution < -0.4 is 5.32 Å². The summed E-state index contributed by atoms with van der Waals surface area (Å²) in [5, 5.41) is 23.5. The minimum Gasteiger partial charge on any atom is -0.481 e. The lowest BCUT2D eigenvalue weighted by Gasteiger charge is -2.30. The molecule has 112 valence electrons. The Morgan fingerprint density at radius 2 is 2.10 bits per heavy atom. The van der Waals surface area contributed by atoms with Gasteiger partial charge in [0.2, 0.25) is 0 Å². The van der Waals surface area contributed by atoms with Gasteiger partial charge in [-0.25, -0.2) is 0 Å². The Morgan fingerprint density at radius 1 is 1.38 bits per heavy atom. The summed E-state index contributed by atoms with van der Waals surface area (Å²) in [6.07, 6.45) is 3.03. The highest BCUT2D eigenvalue weighted by Crippen LogP contribution is 2.49. The average molecular weight is 402 g/mol. The van der Waals surface area contributed by atoms with Gasteiger partial charge in [0, 0.05) is 27.4 Å². The van der Waals surface area contributed by atoms with Gasteiger partial charge in [-0.05, 0) is 59.8 Å². The van der Waals surface area contributed by atoms with Crippen molar-refractivity contribution in [2.45, 2.75) is 25.3 Å². The molecule has 4 atom stereocenters. The van der Waals surface area contributed by atoms with E-state index in [0.717, 1.165) is 28.5 Å². The van der Waals surface area contributed by atoms with Crippen LogP contribution in [0.25, 0.3) is 0 Å². The van der Waals surface area contributed by atoms with E-state index in [1.807, 2.05) is 22.6 Å². The molecule has 2 aliphatic carbocycles. The molecule has 0 aliphatic heterocycles. The van der Waals surface area contributed by atoms with Crippen LogP contribution in [0.1, 0.15) is 19.3 Å². The molecule has 1 aromatic rings. The van der Waals surface area contributed by atoms with Crippen LogP contribution in [0.4, 0.5) is 11.4 Å². The number of hydrogen-bond donors (Lipinski definition) is 2. The first-order valence-electron chi connectivity index (χ1n) is 6.90. The Balaban J connectivity index is 1.83. The van der Waals surface area contributed by atoms with Crippen molar-refractivity contribution in [1.29, 1.82) is 0 Å². The van der Waals surface area contributed by atoms with Crippen LogP contribution in [0.15, 0.2) is 18.2 Å². The molecular formula is C14H15IN2O4. The number of hydrogen-bond acceptors (Lipinski definition) is 4. The fourth-order valence-electron chi connectivity index (χ4n) is 3.77. The van der Waals surface area contributed by atoms with E-state index in [-0.39, 0.29) is 23.6 Å². The predicted molar refractivity (Wildman–Crippen MR) is 85.2 cm³/mol. The average Bonchev–Trinajstić information content (AvgIpc) is 3.01. The maximum absolute atomic E-state index is 11.5. The highest BCUT2D eigenvalue weighted by molar-refractivity contribution is 14.1. The summed E-state index contributed by atoms with van der Waals surface area (Å²) in [6.45, 7) is 0. The number of halogens is 1. The van der Waals surface area contributed by atoms with E-state index in [2.05, 4.69) is 5.32 Å². The van der Waals surface area contributed by atoms with Crippen LogP contribution in [0.5, 0.6) is 0 Å². The van der Waals surface area contributed by atoms with E-state index in [4.69, 9.17) is 0 Å². The van der Waals surface area contributed by atoms with Gasteiger partial charge in [0.1, 0.15) is 0 Å². The van der Waals surface area contributed by atoms with Crippen molar-refractivity contribution in [2.24, 2.45) is 17.8 Å². The molecule has 0 radical (unpaired) electrons. The first-order valence-corrected chi connectivity index (χ1v) is 7.98. The van der Waals surface area contributed by atoms with Gasteiger partial charge in [0.05, 0.1) is 10.8 Å². The number of carboxylic acids is 1. The fourth-order valence-corrected chi connectivity index (χ4v) is 4.42. The number of aliphatic carboxylic acids is 1. The number of nitrogens with one attached hydrogen (secondary N) is 1. The van der Waals surface area contributed by atoms with Crippen LogP contribution >= 0.6 is 22.6 Å². The van der Waals surface area contributed by atoms with Crippen molar-refractivity contribution in [1.82, 2.24) is 0 Å². The van der Waals surface area contributed by atoms with Crippen molar-refractivity contribution in [3.8, 4) is 0 Å². The summed E-state index contributed by atoms with van der Waals surface area (Å²) in [5.41, 5.74) is 0.831. The molecular weight excluding hydrogens is 387 g/mol. The number of rotatable bonds is 4. The lowest BCUT2D eigenvalue weighted by molar-refractivity contribution is -0.384. The highest BCUT2D eigenvalue weighted by atomic mass is 127. The summed E-state index contributed by atoms with van der Waals surface area (Å²) < 4.78 is 0.744. The first kappa shape index (κ1) is 14.6. The highest BCUT2D eigenvalue weighted by Gasteiger charge is 2.51. The first-order chi connectivity index (χ1) is 9.97. The third-order valence-electron chi connectivity index (χ3n) is 4.69. The summed E-state index contributed by atoms with van der Waals surface area (Å²) >= 11 is 2.05. The van der Waals surface area contributed by atoms with Gasteiger partial charge in [-0.1, -0.05) is 0 Å². The monoisotopic (exact) mass is 402 g/mol. The Kier molecular flexibility index (Phi) is 3.76. The summed E-state index contributed by atoms with van der Waals surface area (Å²) in [4.78, 5) is 21.8. The third kappa shape index (κ3) is 2.58. The number of nitrogens with zero attached hydrogens (tertiary/aromatic N) is 1. The van der Waals surface area contributed by atoms with E-state index in [1.54, 1.807) is 6.07 Å². The van der Waals surface area contributed by atoms with Crippen LogP contribution in [-0.4, -0.2) is 22.0 Å². The predicted octanol–water partition coefficient (Wildman–Crippen LogP) is 3.11. The lowest BCUT2D eigenvalue weighted by Crippen LogP contribution is -2.39. The van der Waals surface area contributed by atoms with Gasteiger partial charge in [0.15, 0.2) is 0 Å². The molecule has 0 heterocycles. The van der Waals surface area contributed by atoms with Crippen molar-refractivity contribution in [3.05, 3.63) is 31.9 Å². The van der Waals surface area contributed by atoms with Crippen molar-refractivity contribution < 1.29 is 14.8 Å². The van der Waals surface area contributed by atoms with E-state index in [9.17, 15) is 20.0 Å². The van der Waals surface area contributed by atoms with Crippen LogP contribution in [0.3, 0.4) is 0 Å². The number of fused-ring (bicyclic) bond motifs is 2. The lowest BCUT2D eigenvalue weighted by atomic mass is 9.84. The smallest absolute Gasteiger partial charge is 0.308 e. The van der Waals surface area contributed by atoms with E-state index in [1.165, 1.54) is 12.1 Å². The van der Waals surface area contributed by atoms with Crippen molar-refractivity contribution >= 4 is 39.9 Å². The number of carbonyl (C=O) groups is 1. The second kappa shape index (κ2) is 5.43. The molecule has 0 aromatic heterocycles. The quantitative estimate of drug-likeness (QED) is 0.459. The SMILES string of the molecule is O=C(O)C1C2CCC(C2)C1Nc1ccc([N+](=O)[O-])cc1I. The van der Waals surface area contributed by atoms with Gasteiger partial charge in [-0.3, -0.25) is 14.9 Å². The zero-order valence-electron chi connectivity index (χ0n) is 11.2.